The second-order valence-corrected chi connectivity index (χ2v) is 2.51. The number of hydrogen-bond acceptors (Lipinski definition) is 5. The number of nitrogens with zero attached hydrogens (tertiary/aromatic N) is 2. The van der Waals surface area contributed by atoms with Crippen molar-refractivity contribution in [2.75, 3.05) is 5.73 Å². The molecule has 15 heavy (non-hydrogen) atoms. The summed E-state index contributed by atoms with van der Waals surface area (Å²) in [5.74, 6) is -2.98. The Labute approximate surface area is 83.9 Å². The van der Waals surface area contributed by atoms with Crippen LogP contribution in [-0.2, 0) is 9.59 Å². The molecule has 0 unspecified atom stereocenters. The van der Waals surface area contributed by atoms with Gasteiger partial charge in [-0.1, -0.05) is 0 Å². The second-order valence-electron chi connectivity index (χ2n) is 2.51. The Bertz CT molecular complexity index is 441. The lowest BCUT2D eigenvalue weighted by Gasteiger charge is -1.99. The summed E-state index contributed by atoms with van der Waals surface area (Å²) < 4.78 is 0. The van der Waals surface area contributed by atoms with Crippen LogP contribution in [0.1, 0.15) is 5.82 Å². The molecule has 0 amide bonds. The molecule has 4 N–H and O–H groups in total. The third-order valence-corrected chi connectivity index (χ3v) is 1.42. The van der Waals surface area contributed by atoms with Crippen LogP contribution in [0, 0.1) is 0 Å². The number of anilines is 1. The maximum absolute atomic E-state index is 10.7. The van der Waals surface area contributed by atoms with Gasteiger partial charge in [-0.05, 0) is 6.07 Å². The summed E-state index contributed by atoms with van der Waals surface area (Å²) in [6, 6.07) is 1.36. The van der Waals surface area contributed by atoms with E-state index in [-0.39, 0.29) is 11.6 Å². The van der Waals surface area contributed by atoms with Crippen molar-refractivity contribution >= 4 is 23.3 Å². The summed E-state index contributed by atoms with van der Waals surface area (Å²) in [5, 5.41) is 17.2. The Morgan fingerprint density at radius 2 is 2.07 bits per heavy atom. The van der Waals surface area contributed by atoms with Crippen molar-refractivity contribution < 1.29 is 19.8 Å². The standard InChI is InChI=1S/C8H7N3O4/c9-5-1-2-10-7(11-5)4(8(14)15)3-6(12)13/h1-3H,(H,12,13)(H,14,15)(H2,9,10,11)/b4-3-. The Kier molecular flexibility index (Phi) is 2.97. The lowest BCUT2D eigenvalue weighted by atomic mass is 10.2. The zero-order valence-corrected chi connectivity index (χ0v) is 7.41. The van der Waals surface area contributed by atoms with Crippen LogP contribution in [0.3, 0.4) is 0 Å². The van der Waals surface area contributed by atoms with Crippen molar-refractivity contribution in [2.45, 2.75) is 0 Å². The van der Waals surface area contributed by atoms with Gasteiger partial charge in [-0.3, -0.25) is 0 Å². The molecule has 1 rings (SSSR count). The summed E-state index contributed by atoms with van der Waals surface area (Å²) in [7, 11) is 0. The lowest BCUT2D eigenvalue weighted by Crippen LogP contribution is -2.07. The molecule has 1 aromatic heterocycles. The Hall–Kier alpha value is -2.44. The molecule has 0 fully saturated rings. The largest absolute Gasteiger partial charge is 0.478 e. The number of hydrogen-bond donors (Lipinski definition) is 3. The van der Waals surface area contributed by atoms with Gasteiger partial charge in [0, 0.05) is 12.3 Å². The van der Waals surface area contributed by atoms with Gasteiger partial charge in [0.2, 0.25) is 0 Å². The molecule has 1 heterocycles. The first-order valence-corrected chi connectivity index (χ1v) is 3.77. The molecule has 0 spiro atoms. The molecule has 0 saturated heterocycles. The van der Waals surface area contributed by atoms with Gasteiger partial charge in [-0.25, -0.2) is 19.6 Å². The molecule has 0 aromatic carbocycles. The molecule has 1 aromatic rings. The predicted molar refractivity (Wildman–Crippen MR) is 49.7 cm³/mol. The average Bonchev–Trinajstić information content (AvgIpc) is 2.13. The summed E-state index contributed by atoms with van der Waals surface area (Å²) in [4.78, 5) is 28.3. The molecular weight excluding hydrogens is 202 g/mol. The van der Waals surface area contributed by atoms with Crippen LogP contribution in [0.2, 0.25) is 0 Å². The van der Waals surface area contributed by atoms with Crippen LogP contribution in [0.5, 0.6) is 0 Å². The number of aromatic nitrogens is 2. The van der Waals surface area contributed by atoms with E-state index in [0.717, 1.165) is 0 Å². The number of carboxylic acids is 2. The highest BCUT2D eigenvalue weighted by atomic mass is 16.4. The van der Waals surface area contributed by atoms with E-state index in [4.69, 9.17) is 15.9 Å². The van der Waals surface area contributed by atoms with Gasteiger partial charge >= 0.3 is 11.9 Å². The Balaban J connectivity index is 3.22. The van der Waals surface area contributed by atoms with E-state index in [9.17, 15) is 9.59 Å². The fourth-order valence-electron chi connectivity index (χ4n) is 0.848. The molecule has 0 saturated carbocycles. The molecule has 0 aliphatic carbocycles. The smallest absolute Gasteiger partial charge is 0.339 e. The van der Waals surface area contributed by atoms with Gasteiger partial charge in [0.05, 0.1) is 0 Å². The van der Waals surface area contributed by atoms with E-state index in [1.54, 1.807) is 0 Å². The van der Waals surface area contributed by atoms with Gasteiger partial charge in [0.15, 0.2) is 5.82 Å². The van der Waals surface area contributed by atoms with Crippen LogP contribution in [0.25, 0.3) is 5.57 Å². The van der Waals surface area contributed by atoms with Crippen LogP contribution in [0.4, 0.5) is 5.82 Å². The summed E-state index contributed by atoms with van der Waals surface area (Å²) in [6.07, 6.45) is 1.76. The maximum atomic E-state index is 10.7. The molecule has 0 radical (unpaired) electrons. The molecule has 0 aliphatic rings. The van der Waals surface area contributed by atoms with Crippen molar-refractivity contribution in [2.24, 2.45) is 0 Å². The number of carboxylic acid groups (broad SMARTS) is 2. The molecular formula is C8H7N3O4. The SMILES string of the molecule is Nc1ccnc(/C(=C/C(=O)O)C(=O)O)n1. The van der Waals surface area contributed by atoms with Crippen molar-refractivity contribution in [1.82, 2.24) is 9.97 Å². The number of aliphatic carboxylic acids is 2. The third kappa shape index (κ3) is 2.76. The molecule has 7 nitrogen and oxygen atoms in total. The van der Waals surface area contributed by atoms with E-state index in [0.29, 0.717) is 6.08 Å². The predicted octanol–water partition coefficient (Wildman–Crippen LogP) is -0.389. The minimum Gasteiger partial charge on any atom is -0.478 e. The van der Waals surface area contributed by atoms with Crippen molar-refractivity contribution in [3.63, 3.8) is 0 Å². The van der Waals surface area contributed by atoms with Gasteiger partial charge in [-0.15, -0.1) is 0 Å². The lowest BCUT2D eigenvalue weighted by molar-refractivity contribution is -0.133. The first-order chi connectivity index (χ1) is 7.00. The van der Waals surface area contributed by atoms with Crippen molar-refractivity contribution in [3.8, 4) is 0 Å². The molecule has 0 aliphatic heterocycles. The number of carbonyl (C=O) groups is 2. The maximum Gasteiger partial charge on any atom is 0.339 e. The van der Waals surface area contributed by atoms with Gasteiger partial charge < -0.3 is 15.9 Å². The highest BCUT2D eigenvalue weighted by Gasteiger charge is 2.15. The van der Waals surface area contributed by atoms with Gasteiger partial charge in [0.25, 0.3) is 0 Å². The van der Waals surface area contributed by atoms with E-state index in [1.165, 1.54) is 12.3 Å². The van der Waals surface area contributed by atoms with E-state index < -0.39 is 17.5 Å². The highest BCUT2D eigenvalue weighted by molar-refractivity contribution is 6.18. The number of nitrogens with two attached hydrogens (primary N) is 1. The Morgan fingerprint density at radius 3 is 2.53 bits per heavy atom. The summed E-state index contributed by atoms with van der Waals surface area (Å²) >= 11 is 0. The Morgan fingerprint density at radius 1 is 1.40 bits per heavy atom. The highest BCUT2D eigenvalue weighted by Crippen LogP contribution is 2.10. The van der Waals surface area contributed by atoms with Gasteiger partial charge in [-0.2, -0.15) is 0 Å². The van der Waals surface area contributed by atoms with Crippen LogP contribution in [-0.4, -0.2) is 32.1 Å². The van der Waals surface area contributed by atoms with Crippen LogP contribution >= 0.6 is 0 Å². The van der Waals surface area contributed by atoms with E-state index >= 15 is 0 Å². The number of rotatable bonds is 3. The van der Waals surface area contributed by atoms with Crippen molar-refractivity contribution in [3.05, 3.63) is 24.2 Å². The van der Waals surface area contributed by atoms with E-state index in [1.807, 2.05) is 0 Å². The zero-order valence-electron chi connectivity index (χ0n) is 7.41. The molecule has 0 atom stereocenters. The summed E-state index contributed by atoms with van der Waals surface area (Å²) in [5.41, 5.74) is 4.79. The molecule has 78 valence electrons. The monoisotopic (exact) mass is 209 g/mol. The molecule has 0 bridgehead atoms. The first-order valence-electron chi connectivity index (χ1n) is 3.77. The normalized spacial score (nSPS) is 11.1. The third-order valence-electron chi connectivity index (χ3n) is 1.42. The minimum atomic E-state index is -1.43. The van der Waals surface area contributed by atoms with Crippen LogP contribution in [0.15, 0.2) is 18.3 Å². The minimum absolute atomic E-state index is 0.0672. The second kappa shape index (κ2) is 4.18. The van der Waals surface area contributed by atoms with Crippen LogP contribution < -0.4 is 5.73 Å². The quantitative estimate of drug-likeness (QED) is 0.578. The summed E-state index contributed by atoms with van der Waals surface area (Å²) in [6.45, 7) is 0. The average molecular weight is 209 g/mol. The molecule has 7 heteroatoms. The van der Waals surface area contributed by atoms with E-state index in [2.05, 4.69) is 9.97 Å². The van der Waals surface area contributed by atoms with Crippen molar-refractivity contribution in [1.29, 1.82) is 0 Å². The van der Waals surface area contributed by atoms with Gasteiger partial charge in [0.1, 0.15) is 11.4 Å². The first kappa shape index (κ1) is 10.6. The fraction of sp³-hybridized carbons (Fsp3) is 0. The fourth-order valence-corrected chi connectivity index (χ4v) is 0.848. The zero-order chi connectivity index (χ0) is 11.4. The topological polar surface area (TPSA) is 126 Å². The number of nitrogen functional groups attached to an aromatic ring is 1.